The van der Waals surface area contributed by atoms with E-state index in [0.29, 0.717) is 11.7 Å². The molecule has 25 heavy (non-hydrogen) atoms. The summed E-state index contributed by atoms with van der Waals surface area (Å²) in [5.41, 5.74) is 2.04. The van der Waals surface area contributed by atoms with Gasteiger partial charge in [0.15, 0.2) is 5.17 Å². The number of rotatable bonds is 5. The van der Waals surface area contributed by atoms with E-state index in [1.165, 1.54) is 11.8 Å². The largest absolute Gasteiger partial charge is 0.284 e. The molecule has 1 heterocycles. The van der Waals surface area contributed by atoms with Crippen LogP contribution in [-0.4, -0.2) is 27.4 Å². The van der Waals surface area contributed by atoms with Crippen molar-refractivity contribution in [2.24, 2.45) is 10.2 Å². The fourth-order valence-electron chi connectivity index (χ4n) is 2.45. The number of hydrogen-bond donors (Lipinski definition) is 0. The predicted molar refractivity (Wildman–Crippen MR) is 108 cm³/mol. The summed E-state index contributed by atoms with van der Waals surface area (Å²) < 4.78 is 1.02. The minimum absolute atomic E-state index is 0.0784. The molecule has 0 aromatic heterocycles. The normalized spacial score (nSPS) is 19.3. The number of hydrogen-bond acceptors (Lipinski definition) is 4. The third-order valence-electron chi connectivity index (χ3n) is 3.79. The van der Waals surface area contributed by atoms with Crippen molar-refractivity contribution in [3.8, 4) is 0 Å². The average molecular weight is 416 g/mol. The van der Waals surface area contributed by atoms with E-state index in [2.05, 4.69) is 26.1 Å². The summed E-state index contributed by atoms with van der Waals surface area (Å²) in [6, 6.07) is 17.8. The molecule has 6 heteroatoms. The maximum Gasteiger partial charge on any atom is 0.242 e. The molecular formula is C19H18BrN3OS. The van der Waals surface area contributed by atoms with Gasteiger partial charge in [-0.1, -0.05) is 77.1 Å². The second kappa shape index (κ2) is 8.45. The lowest BCUT2D eigenvalue weighted by atomic mass is 10.2. The number of amides is 1. The zero-order valence-electron chi connectivity index (χ0n) is 13.8. The minimum Gasteiger partial charge on any atom is -0.284 e. The molecule has 2 aromatic rings. The molecule has 1 aliphatic rings. The van der Waals surface area contributed by atoms with Crippen LogP contribution in [-0.2, 0) is 11.3 Å². The first-order valence-electron chi connectivity index (χ1n) is 8.06. The van der Waals surface area contributed by atoms with Crippen molar-refractivity contribution >= 4 is 45.0 Å². The van der Waals surface area contributed by atoms with Crippen LogP contribution >= 0.6 is 27.7 Å². The molecule has 0 saturated carbocycles. The molecular weight excluding hydrogens is 398 g/mol. The molecule has 0 radical (unpaired) electrons. The Morgan fingerprint density at radius 3 is 2.56 bits per heavy atom. The van der Waals surface area contributed by atoms with E-state index in [4.69, 9.17) is 0 Å². The van der Waals surface area contributed by atoms with Gasteiger partial charge in [0.1, 0.15) is 0 Å². The summed E-state index contributed by atoms with van der Waals surface area (Å²) in [7, 11) is 0. The average Bonchev–Trinajstić information content (AvgIpc) is 2.93. The van der Waals surface area contributed by atoms with E-state index in [9.17, 15) is 4.79 Å². The van der Waals surface area contributed by atoms with Crippen LogP contribution in [0.15, 0.2) is 69.3 Å². The Kier molecular flexibility index (Phi) is 6.04. The van der Waals surface area contributed by atoms with Gasteiger partial charge in [-0.3, -0.25) is 9.69 Å². The Balaban J connectivity index is 1.78. The molecule has 0 N–H and O–H groups in total. The first-order valence-corrected chi connectivity index (χ1v) is 9.73. The fourth-order valence-corrected chi connectivity index (χ4v) is 3.74. The lowest BCUT2D eigenvalue weighted by Crippen LogP contribution is -2.31. The monoisotopic (exact) mass is 415 g/mol. The van der Waals surface area contributed by atoms with Crippen molar-refractivity contribution < 1.29 is 4.79 Å². The smallest absolute Gasteiger partial charge is 0.242 e. The highest BCUT2D eigenvalue weighted by molar-refractivity contribution is 9.10. The number of halogens is 1. The summed E-state index contributed by atoms with van der Waals surface area (Å²) in [6.07, 6.45) is 2.48. The van der Waals surface area contributed by atoms with E-state index in [1.54, 1.807) is 11.1 Å². The second-order valence-corrected chi connectivity index (χ2v) is 7.69. The molecule has 3 rings (SSSR count). The summed E-state index contributed by atoms with van der Waals surface area (Å²) >= 11 is 4.90. The molecule has 1 amide bonds. The standard InChI is InChI=1S/C19H18BrN3OS/c1-2-17-18(24)23(13-15-6-4-3-5-7-15)19(25-17)22-21-12-14-8-10-16(20)11-9-14/h3-12,17H,2,13H2,1H3. The first kappa shape index (κ1) is 17.9. The van der Waals surface area contributed by atoms with Crippen LogP contribution in [0.2, 0.25) is 0 Å². The molecule has 0 spiro atoms. The third-order valence-corrected chi connectivity index (χ3v) is 5.66. The number of benzene rings is 2. The molecule has 2 aromatic carbocycles. The Bertz CT molecular complexity index is 790. The number of nitrogens with zero attached hydrogens (tertiary/aromatic N) is 3. The van der Waals surface area contributed by atoms with Crippen molar-refractivity contribution in [2.45, 2.75) is 25.1 Å². The predicted octanol–water partition coefficient (Wildman–Crippen LogP) is 4.69. The van der Waals surface area contributed by atoms with Crippen molar-refractivity contribution in [1.82, 2.24) is 4.90 Å². The van der Waals surface area contributed by atoms with Gasteiger partial charge in [-0.15, -0.1) is 5.10 Å². The van der Waals surface area contributed by atoms with Crippen molar-refractivity contribution in [3.63, 3.8) is 0 Å². The summed E-state index contributed by atoms with van der Waals surface area (Å²) in [6.45, 7) is 2.54. The first-order chi connectivity index (χ1) is 12.2. The molecule has 0 aliphatic carbocycles. The van der Waals surface area contributed by atoms with Gasteiger partial charge in [0.05, 0.1) is 18.0 Å². The van der Waals surface area contributed by atoms with Gasteiger partial charge in [0.25, 0.3) is 0 Å². The SMILES string of the molecule is CCC1SC(=NN=Cc2ccc(Br)cc2)N(Cc2ccccc2)C1=O. The van der Waals surface area contributed by atoms with Crippen LogP contribution in [0.25, 0.3) is 0 Å². The van der Waals surface area contributed by atoms with Gasteiger partial charge in [0.2, 0.25) is 5.91 Å². The molecule has 1 fully saturated rings. The lowest BCUT2D eigenvalue weighted by Gasteiger charge is -2.15. The molecule has 1 aliphatic heterocycles. The number of amidine groups is 1. The molecule has 128 valence electrons. The zero-order valence-corrected chi connectivity index (χ0v) is 16.2. The molecule has 1 saturated heterocycles. The van der Waals surface area contributed by atoms with Crippen molar-refractivity contribution in [1.29, 1.82) is 0 Å². The zero-order chi connectivity index (χ0) is 17.6. The third kappa shape index (κ3) is 4.58. The maximum absolute atomic E-state index is 12.6. The van der Waals surface area contributed by atoms with E-state index in [-0.39, 0.29) is 11.2 Å². The van der Waals surface area contributed by atoms with E-state index >= 15 is 0 Å². The van der Waals surface area contributed by atoms with E-state index in [0.717, 1.165) is 22.0 Å². The lowest BCUT2D eigenvalue weighted by molar-refractivity contribution is -0.126. The molecule has 1 unspecified atom stereocenters. The van der Waals surface area contributed by atoms with Crippen LogP contribution in [0.5, 0.6) is 0 Å². The van der Waals surface area contributed by atoms with Crippen LogP contribution in [0.3, 0.4) is 0 Å². The summed E-state index contributed by atoms with van der Waals surface area (Å²) in [5.74, 6) is 0.106. The van der Waals surface area contributed by atoms with Crippen LogP contribution < -0.4 is 0 Å². The van der Waals surface area contributed by atoms with Crippen LogP contribution in [0.4, 0.5) is 0 Å². The molecule has 4 nitrogen and oxygen atoms in total. The number of carbonyl (C=O) groups is 1. The van der Waals surface area contributed by atoms with E-state index < -0.39 is 0 Å². The highest BCUT2D eigenvalue weighted by Crippen LogP contribution is 2.30. The van der Waals surface area contributed by atoms with Crippen molar-refractivity contribution in [3.05, 3.63) is 70.2 Å². The van der Waals surface area contributed by atoms with Crippen LogP contribution in [0.1, 0.15) is 24.5 Å². The van der Waals surface area contributed by atoms with Gasteiger partial charge < -0.3 is 0 Å². The Hall–Kier alpha value is -1.92. The molecule has 1 atom stereocenters. The maximum atomic E-state index is 12.6. The van der Waals surface area contributed by atoms with Crippen LogP contribution in [0, 0.1) is 0 Å². The summed E-state index contributed by atoms with van der Waals surface area (Å²) in [5, 5.41) is 9.07. The molecule has 0 bridgehead atoms. The van der Waals surface area contributed by atoms with E-state index in [1.807, 2.05) is 61.5 Å². The van der Waals surface area contributed by atoms with Gasteiger partial charge in [-0.05, 0) is 29.7 Å². The summed E-state index contributed by atoms with van der Waals surface area (Å²) in [4.78, 5) is 14.3. The fraction of sp³-hybridized carbons (Fsp3) is 0.211. The quantitative estimate of drug-likeness (QED) is 0.524. The van der Waals surface area contributed by atoms with Gasteiger partial charge in [-0.25, -0.2) is 0 Å². The topological polar surface area (TPSA) is 45.0 Å². The number of carbonyl (C=O) groups excluding carboxylic acids is 1. The highest BCUT2D eigenvalue weighted by atomic mass is 79.9. The Labute approximate surface area is 160 Å². The second-order valence-electron chi connectivity index (χ2n) is 5.60. The van der Waals surface area contributed by atoms with Gasteiger partial charge >= 0.3 is 0 Å². The van der Waals surface area contributed by atoms with Crippen molar-refractivity contribution in [2.75, 3.05) is 0 Å². The Morgan fingerprint density at radius 2 is 1.88 bits per heavy atom. The number of thioether (sulfide) groups is 1. The van der Waals surface area contributed by atoms with Gasteiger partial charge in [-0.2, -0.15) is 5.10 Å². The highest BCUT2D eigenvalue weighted by Gasteiger charge is 2.36. The minimum atomic E-state index is -0.0784. The Morgan fingerprint density at radius 1 is 1.16 bits per heavy atom. The van der Waals surface area contributed by atoms with Gasteiger partial charge in [0, 0.05) is 4.47 Å².